The van der Waals surface area contributed by atoms with Crippen molar-refractivity contribution in [2.45, 2.75) is 118 Å². The van der Waals surface area contributed by atoms with Crippen molar-refractivity contribution < 1.29 is 38.1 Å². The van der Waals surface area contributed by atoms with Crippen molar-refractivity contribution in [2.75, 3.05) is 26.9 Å². The lowest BCUT2D eigenvalue weighted by molar-refractivity contribution is -0.153. The van der Waals surface area contributed by atoms with Crippen LogP contribution in [0.15, 0.2) is 42.5 Å². The number of unbranched alkanes of at least 4 members (excludes halogenated alkanes) is 12. The third kappa shape index (κ3) is 26.2. The quantitative estimate of drug-likeness (QED) is 0.0395. The summed E-state index contributed by atoms with van der Waals surface area (Å²) >= 11 is 0. The zero-order valence-corrected chi connectivity index (χ0v) is 27.0. The topological polar surface area (TPSA) is 105 Å². The summed E-state index contributed by atoms with van der Waals surface area (Å²) in [5.74, 6) is -1.12. The molecule has 0 heterocycles. The van der Waals surface area contributed by atoms with Gasteiger partial charge in [0.2, 0.25) is 5.78 Å². The van der Waals surface area contributed by atoms with Crippen LogP contribution in [0.1, 0.15) is 124 Å². The first kappa shape index (κ1) is 42.7. The summed E-state index contributed by atoms with van der Waals surface area (Å²) in [6, 6.07) is 7.50. The molecule has 0 amide bonds. The van der Waals surface area contributed by atoms with E-state index in [-0.39, 0.29) is 19.4 Å². The predicted octanol–water partition coefficient (Wildman–Crippen LogP) is 8.61. The van der Waals surface area contributed by atoms with E-state index in [4.69, 9.17) is 14.2 Å². The summed E-state index contributed by atoms with van der Waals surface area (Å²) < 4.78 is 20.0. The number of carbonyl (C=O) groups excluding carboxylic acids is 4. The van der Waals surface area contributed by atoms with Crippen molar-refractivity contribution in [1.29, 1.82) is 0 Å². The molecule has 8 heteroatoms. The molecular weight excluding hydrogens is 560 g/mol. The van der Waals surface area contributed by atoms with E-state index in [9.17, 15) is 19.2 Å². The van der Waals surface area contributed by atoms with Crippen LogP contribution in [0.25, 0.3) is 6.08 Å². The van der Waals surface area contributed by atoms with Crippen molar-refractivity contribution in [2.24, 2.45) is 0 Å². The molecule has 0 bridgehead atoms. The van der Waals surface area contributed by atoms with Gasteiger partial charge >= 0.3 is 17.9 Å². The normalized spacial score (nSPS) is 10.2. The lowest BCUT2D eigenvalue weighted by Gasteiger charge is -2.07. The second kappa shape index (κ2) is 29.6. The SMILES string of the molecule is C.C=C(C)C(=O)OCCCCCCOc1ccc(/C=C/C(=O)OC)cc1.CCCCCCCCCCCCOC(=O)C(C)=O. The van der Waals surface area contributed by atoms with Crippen LogP contribution in [0.3, 0.4) is 0 Å². The van der Waals surface area contributed by atoms with Gasteiger partial charge in [-0.1, -0.05) is 90.8 Å². The van der Waals surface area contributed by atoms with Crippen LogP contribution in [0.4, 0.5) is 0 Å². The van der Waals surface area contributed by atoms with Crippen molar-refractivity contribution >= 4 is 29.8 Å². The van der Waals surface area contributed by atoms with E-state index in [0.717, 1.165) is 49.8 Å². The number of benzene rings is 1. The highest BCUT2D eigenvalue weighted by Gasteiger charge is 2.07. The summed E-state index contributed by atoms with van der Waals surface area (Å²) in [5, 5.41) is 0. The van der Waals surface area contributed by atoms with Crippen LogP contribution in [0, 0.1) is 0 Å². The lowest BCUT2D eigenvalue weighted by Crippen LogP contribution is -2.14. The highest BCUT2D eigenvalue weighted by molar-refractivity contribution is 6.32. The fourth-order valence-electron chi connectivity index (χ4n) is 3.80. The molecule has 0 saturated heterocycles. The molecule has 1 aromatic carbocycles. The molecule has 0 fully saturated rings. The zero-order valence-electron chi connectivity index (χ0n) is 27.0. The van der Waals surface area contributed by atoms with Gasteiger partial charge in [-0.25, -0.2) is 14.4 Å². The number of methoxy groups -OCH3 is 1. The van der Waals surface area contributed by atoms with Crippen LogP contribution >= 0.6 is 0 Å². The molecule has 1 rings (SSSR count). The molecule has 0 aliphatic heterocycles. The third-order valence-corrected chi connectivity index (χ3v) is 6.40. The first-order valence-corrected chi connectivity index (χ1v) is 15.7. The van der Waals surface area contributed by atoms with E-state index in [2.05, 4.69) is 18.2 Å². The first-order chi connectivity index (χ1) is 20.7. The number of esters is 3. The molecule has 0 aliphatic rings. The molecule has 0 unspecified atom stereocenters. The molecular formula is C36H58O8. The summed E-state index contributed by atoms with van der Waals surface area (Å²) in [6.07, 6.45) is 19.4. The van der Waals surface area contributed by atoms with Crippen LogP contribution in [0.5, 0.6) is 5.75 Å². The standard InChI is InChI=1S/C20H26O5.C15H28O3.CH4/c1-16(2)20(22)25-15-7-5-4-6-14-24-18-11-8-17(9-12-18)10-13-19(21)23-3;1-3-4-5-6-7-8-9-10-11-12-13-18-15(17)14(2)16;/h8-13H,1,4-7,14-15H2,2-3H3;3-13H2,1-2H3;1H4/b13-10+;;. The average Bonchev–Trinajstić information content (AvgIpc) is 3.00. The Morgan fingerprint density at radius 1 is 0.682 bits per heavy atom. The maximum atomic E-state index is 11.2. The van der Waals surface area contributed by atoms with Crippen molar-refractivity contribution in [3.05, 3.63) is 48.1 Å². The van der Waals surface area contributed by atoms with Crippen molar-refractivity contribution in [3.63, 3.8) is 0 Å². The minimum Gasteiger partial charge on any atom is -0.494 e. The highest BCUT2D eigenvalue weighted by Crippen LogP contribution is 2.14. The van der Waals surface area contributed by atoms with Crippen LogP contribution < -0.4 is 4.74 Å². The average molecular weight is 619 g/mol. The van der Waals surface area contributed by atoms with E-state index in [1.54, 1.807) is 13.0 Å². The van der Waals surface area contributed by atoms with Gasteiger partial charge in [-0.3, -0.25) is 4.79 Å². The van der Waals surface area contributed by atoms with Gasteiger partial charge in [0.05, 0.1) is 26.9 Å². The zero-order chi connectivity index (χ0) is 32.1. The van der Waals surface area contributed by atoms with Crippen molar-refractivity contribution in [3.8, 4) is 5.75 Å². The van der Waals surface area contributed by atoms with E-state index in [1.165, 1.54) is 71.5 Å². The highest BCUT2D eigenvalue weighted by atomic mass is 16.5. The smallest absolute Gasteiger partial charge is 0.374 e. The minimum atomic E-state index is -0.703. The Bertz CT molecular complexity index is 949. The van der Waals surface area contributed by atoms with Crippen LogP contribution in [-0.2, 0) is 33.4 Å². The molecule has 0 N–H and O–H groups in total. The predicted molar refractivity (Wildman–Crippen MR) is 177 cm³/mol. The number of hydrogen-bond acceptors (Lipinski definition) is 8. The Morgan fingerprint density at radius 3 is 1.59 bits per heavy atom. The van der Waals surface area contributed by atoms with Gasteiger partial charge in [0.1, 0.15) is 5.75 Å². The van der Waals surface area contributed by atoms with Crippen LogP contribution in [0.2, 0.25) is 0 Å². The molecule has 0 saturated carbocycles. The molecule has 1 aromatic rings. The maximum Gasteiger partial charge on any atom is 0.374 e. The number of rotatable bonds is 23. The van der Waals surface area contributed by atoms with Gasteiger partial charge in [0.25, 0.3) is 0 Å². The van der Waals surface area contributed by atoms with E-state index in [0.29, 0.717) is 25.4 Å². The monoisotopic (exact) mass is 618 g/mol. The number of Topliss-reactive ketones (excluding diaryl/α,β-unsaturated/α-hetero) is 1. The molecule has 0 spiro atoms. The summed E-state index contributed by atoms with van der Waals surface area (Å²) in [5.41, 5.74) is 1.34. The molecule has 0 aliphatic carbocycles. The van der Waals surface area contributed by atoms with Gasteiger partial charge in [0, 0.05) is 18.6 Å². The van der Waals surface area contributed by atoms with E-state index < -0.39 is 11.8 Å². The Balaban J connectivity index is 0. The Labute approximate surface area is 266 Å². The van der Waals surface area contributed by atoms with Gasteiger partial charge in [-0.15, -0.1) is 0 Å². The Hall–Kier alpha value is -3.42. The van der Waals surface area contributed by atoms with Gasteiger partial charge < -0.3 is 18.9 Å². The lowest BCUT2D eigenvalue weighted by atomic mass is 10.1. The third-order valence-electron chi connectivity index (χ3n) is 6.40. The second-order valence-electron chi connectivity index (χ2n) is 10.5. The number of ketones is 1. The Kier molecular flexibility index (Phi) is 28.8. The molecule has 8 nitrogen and oxygen atoms in total. The summed E-state index contributed by atoms with van der Waals surface area (Å²) in [6.45, 7) is 10.1. The molecule has 0 atom stereocenters. The van der Waals surface area contributed by atoms with Gasteiger partial charge in [-0.05, 0) is 62.8 Å². The number of ether oxygens (including phenoxy) is 4. The molecule has 250 valence electrons. The summed E-state index contributed by atoms with van der Waals surface area (Å²) in [4.78, 5) is 43.6. The van der Waals surface area contributed by atoms with E-state index in [1.807, 2.05) is 24.3 Å². The minimum absolute atomic E-state index is 0. The Morgan fingerprint density at radius 2 is 1.14 bits per heavy atom. The molecule has 0 aromatic heterocycles. The second-order valence-corrected chi connectivity index (χ2v) is 10.5. The maximum absolute atomic E-state index is 11.2. The van der Waals surface area contributed by atoms with E-state index >= 15 is 0 Å². The first-order valence-electron chi connectivity index (χ1n) is 15.7. The van der Waals surface area contributed by atoms with Crippen LogP contribution in [-0.4, -0.2) is 50.6 Å². The fraction of sp³-hybridized carbons (Fsp3) is 0.611. The summed E-state index contributed by atoms with van der Waals surface area (Å²) in [7, 11) is 1.35. The fourth-order valence-corrected chi connectivity index (χ4v) is 3.80. The van der Waals surface area contributed by atoms with Gasteiger partial charge in [0.15, 0.2) is 0 Å². The van der Waals surface area contributed by atoms with Crippen molar-refractivity contribution in [1.82, 2.24) is 0 Å². The number of hydrogen-bond donors (Lipinski definition) is 0. The number of carbonyl (C=O) groups is 4. The molecule has 44 heavy (non-hydrogen) atoms. The molecule has 0 radical (unpaired) electrons. The van der Waals surface area contributed by atoms with Gasteiger partial charge in [-0.2, -0.15) is 0 Å². The largest absolute Gasteiger partial charge is 0.494 e.